The molecule has 1 fully saturated rings. The number of hydrogen-bond donors (Lipinski definition) is 1. The summed E-state index contributed by atoms with van der Waals surface area (Å²) < 4.78 is 5.69. The molecule has 0 bridgehead atoms. The van der Waals surface area contributed by atoms with Crippen molar-refractivity contribution in [2.75, 3.05) is 7.05 Å². The summed E-state index contributed by atoms with van der Waals surface area (Å²) in [5, 5.41) is 10.5. The van der Waals surface area contributed by atoms with Crippen molar-refractivity contribution in [3.8, 4) is 5.75 Å². The molecule has 0 saturated heterocycles. The third kappa shape index (κ3) is 5.54. The first-order valence-electron chi connectivity index (χ1n) is 8.60. The molecule has 1 amide bonds. The van der Waals surface area contributed by atoms with Crippen molar-refractivity contribution in [2.45, 2.75) is 70.6 Å². The first-order valence-corrected chi connectivity index (χ1v) is 8.60. The first kappa shape index (κ1) is 17.8. The van der Waals surface area contributed by atoms with Gasteiger partial charge in [-0.3, -0.25) is 4.79 Å². The maximum Gasteiger partial charge on any atom is 0.225 e. The van der Waals surface area contributed by atoms with Crippen LogP contribution in [0.25, 0.3) is 0 Å². The van der Waals surface area contributed by atoms with Gasteiger partial charge in [0.2, 0.25) is 5.91 Å². The van der Waals surface area contributed by atoms with Crippen molar-refractivity contribution in [1.82, 2.24) is 4.90 Å². The minimum Gasteiger partial charge on any atom is -0.491 e. The van der Waals surface area contributed by atoms with E-state index < -0.39 is 5.60 Å². The van der Waals surface area contributed by atoms with Crippen LogP contribution in [0.4, 0.5) is 0 Å². The summed E-state index contributed by atoms with van der Waals surface area (Å²) in [5.41, 5.74) is 0.237. The maximum absolute atomic E-state index is 12.4. The molecule has 4 heteroatoms. The van der Waals surface area contributed by atoms with Gasteiger partial charge in [0.05, 0.1) is 18.1 Å². The lowest BCUT2D eigenvalue weighted by Gasteiger charge is -2.33. The van der Waals surface area contributed by atoms with Crippen LogP contribution in [0.5, 0.6) is 5.75 Å². The fraction of sp³-hybridized carbons (Fsp3) is 0.632. The highest BCUT2D eigenvalue weighted by molar-refractivity contribution is 5.77. The minimum absolute atomic E-state index is 0.00424. The molecule has 1 aromatic carbocycles. The average molecular weight is 319 g/mol. The van der Waals surface area contributed by atoms with Crippen LogP contribution in [0.1, 0.15) is 57.9 Å². The van der Waals surface area contributed by atoms with Gasteiger partial charge in [-0.05, 0) is 44.4 Å². The Kier molecular flexibility index (Phi) is 6.05. The first-order chi connectivity index (χ1) is 10.9. The van der Waals surface area contributed by atoms with Gasteiger partial charge in [0.15, 0.2) is 0 Å². The van der Waals surface area contributed by atoms with Crippen LogP contribution < -0.4 is 4.74 Å². The minimum atomic E-state index is -0.799. The lowest BCUT2D eigenvalue weighted by atomic mass is 9.82. The lowest BCUT2D eigenvalue weighted by molar-refractivity contribution is -0.137. The van der Waals surface area contributed by atoms with E-state index in [1.165, 1.54) is 0 Å². The molecule has 0 aromatic heterocycles. The molecule has 0 radical (unpaired) electrons. The monoisotopic (exact) mass is 319 g/mol. The van der Waals surface area contributed by atoms with Gasteiger partial charge >= 0.3 is 0 Å². The number of benzene rings is 1. The zero-order valence-electron chi connectivity index (χ0n) is 14.5. The molecule has 1 N–H and O–H groups in total. The number of ether oxygens (including phenoxy) is 1. The Morgan fingerprint density at radius 3 is 2.65 bits per heavy atom. The molecular weight excluding hydrogens is 290 g/mol. The van der Waals surface area contributed by atoms with E-state index in [1.807, 2.05) is 38.1 Å². The van der Waals surface area contributed by atoms with Crippen molar-refractivity contribution in [2.24, 2.45) is 0 Å². The van der Waals surface area contributed by atoms with Crippen LogP contribution in [0.15, 0.2) is 24.3 Å². The second kappa shape index (κ2) is 7.82. The molecule has 0 spiro atoms. The number of carbonyl (C=O) groups excluding carboxylic acids is 1. The fourth-order valence-electron chi connectivity index (χ4n) is 3.15. The molecular formula is C19H29NO3. The molecule has 128 valence electrons. The number of amides is 1. The standard InChI is InChI=1S/C19H29NO3/c1-15(2)23-17-9-7-8-16(12-17)14-20(3)18(21)13-19(22)10-5-4-6-11-19/h7-9,12,15,22H,4-6,10-11,13-14H2,1-3H3. The van der Waals surface area contributed by atoms with E-state index in [-0.39, 0.29) is 18.4 Å². The molecule has 1 saturated carbocycles. The second-order valence-corrected chi connectivity index (χ2v) is 7.03. The number of nitrogens with zero attached hydrogens (tertiary/aromatic N) is 1. The lowest BCUT2D eigenvalue weighted by Crippen LogP contribution is -2.39. The fourth-order valence-corrected chi connectivity index (χ4v) is 3.15. The quantitative estimate of drug-likeness (QED) is 0.873. The van der Waals surface area contributed by atoms with E-state index in [0.717, 1.165) is 43.4 Å². The van der Waals surface area contributed by atoms with Crippen LogP contribution in [0.2, 0.25) is 0 Å². The molecule has 0 heterocycles. The van der Waals surface area contributed by atoms with Crippen LogP contribution >= 0.6 is 0 Å². The van der Waals surface area contributed by atoms with Crippen molar-refractivity contribution < 1.29 is 14.6 Å². The molecule has 1 aliphatic carbocycles. The third-order valence-corrected chi connectivity index (χ3v) is 4.38. The smallest absolute Gasteiger partial charge is 0.225 e. The van der Waals surface area contributed by atoms with Gasteiger partial charge in [0.25, 0.3) is 0 Å². The van der Waals surface area contributed by atoms with Crippen molar-refractivity contribution in [1.29, 1.82) is 0 Å². The summed E-state index contributed by atoms with van der Waals surface area (Å²) >= 11 is 0. The molecule has 0 aliphatic heterocycles. The summed E-state index contributed by atoms with van der Waals surface area (Å²) in [4.78, 5) is 14.1. The highest BCUT2D eigenvalue weighted by Gasteiger charge is 2.32. The van der Waals surface area contributed by atoms with E-state index in [1.54, 1.807) is 11.9 Å². The van der Waals surface area contributed by atoms with Gasteiger partial charge in [-0.15, -0.1) is 0 Å². The van der Waals surface area contributed by atoms with Gasteiger partial charge in [0, 0.05) is 13.6 Å². The Morgan fingerprint density at radius 1 is 1.30 bits per heavy atom. The normalized spacial score (nSPS) is 17.1. The number of hydrogen-bond acceptors (Lipinski definition) is 3. The SMILES string of the molecule is CC(C)Oc1cccc(CN(C)C(=O)CC2(O)CCCCC2)c1. The topological polar surface area (TPSA) is 49.8 Å². The molecule has 2 rings (SSSR count). The molecule has 4 nitrogen and oxygen atoms in total. The maximum atomic E-state index is 12.4. The van der Waals surface area contributed by atoms with Gasteiger partial charge in [0.1, 0.15) is 5.75 Å². The zero-order chi connectivity index (χ0) is 16.9. The Hall–Kier alpha value is -1.55. The van der Waals surface area contributed by atoms with Crippen LogP contribution in [-0.2, 0) is 11.3 Å². The Labute approximate surface area is 139 Å². The molecule has 0 atom stereocenters. The average Bonchev–Trinajstić information content (AvgIpc) is 2.47. The summed E-state index contributed by atoms with van der Waals surface area (Å²) in [6.07, 6.45) is 5.03. The van der Waals surface area contributed by atoms with Crippen LogP contribution in [0, 0.1) is 0 Å². The zero-order valence-corrected chi connectivity index (χ0v) is 14.5. The predicted molar refractivity (Wildman–Crippen MR) is 91.3 cm³/mol. The third-order valence-electron chi connectivity index (χ3n) is 4.38. The second-order valence-electron chi connectivity index (χ2n) is 7.03. The van der Waals surface area contributed by atoms with Crippen molar-refractivity contribution in [3.63, 3.8) is 0 Å². The number of rotatable bonds is 6. The summed E-state index contributed by atoms with van der Waals surface area (Å²) in [6.45, 7) is 4.52. The Morgan fingerprint density at radius 2 is 2.00 bits per heavy atom. The molecule has 1 aliphatic rings. The molecule has 23 heavy (non-hydrogen) atoms. The van der Waals surface area contributed by atoms with Gasteiger partial charge in [-0.25, -0.2) is 0 Å². The van der Waals surface area contributed by atoms with Crippen LogP contribution in [-0.4, -0.2) is 34.7 Å². The molecule has 1 aromatic rings. The number of aliphatic hydroxyl groups is 1. The summed E-state index contributed by atoms with van der Waals surface area (Å²) in [5.74, 6) is 0.828. The number of carbonyl (C=O) groups is 1. The van der Waals surface area contributed by atoms with Gasteiger partial charge in [-0.2, -0.15) is 0 Å². The van der Waals surface area contributed by atoms with E-state index in [4.69, 9.17) is 4.74 Å². The Bertz CT molecular complexity index is 521. The molecule has 0 unspecified atom stereocenters. The van der Waals surface area contributed by atoms with E-state index in [9.17, 15) is 9.90 Å². The highest BCUT2D eigenvalue weighted by atomic mass is 16.5. The summed E-state index contributed by atoms with van der Waals surface area (Å²) in [7, 11) is 1.80. The van der Waals surface area contributed by atoms with E-state index >= 15 is 0 Å². The van der Waals surface area contributed by atoms with Crippen molar-refractivity contribution in [3.05, 3.63) is 29.8 Å². The van der Waals surface area contributed by atoms with Gasteiger partial charge < -0.3 is 14.7 Å². The largest absolute Gasteiger partial charge is 0.491 e. The predicted octanol–water partition coefficient (Wildman–Crippen LogP) is 3.52. The van der Waals surface area contributed by atoms with E-state index in [2.05, 4.69) is 0 Å². The highest BCUT2D eigenvalue weighted by Crippen LogP contribution is 2.31. The van der Waals surface area contributed by atoms with Gasteiger partial charge in [-0.1, -0.05) is 31.4 Å². The summed E-state index contributed by atoms with van der Waals surface area (Å²) in [6, 6.07) is 7.83. The van der Waals surface area contributed by atoms with Crippen molar-refractivity contribution >= 4 is 5.91 Å². The van der Waals surface area contributed by atoms with Crippen LogP contribution in [0.3, 0.4) is 0 Å². The van der Waals surface area contributed by atoms with E-state index in [0.29, 0.717) is 6.54 Å². The Balaban J connectivity index is 1.92.